The summed E-state index contributed by atoms with van der Waals surface area (Å²) < 4.78 is 0. The Morgan fingerprint density at radius 2 is 0.589 bits per heavy atom. The van der Waals surface area contributed by atoms with Gasteiger partial charge in [0.25, 0.3) is 0 Å². The van der Waals surface area contributed by atoms with Crippen molar-refractivity contribution in [2.45, 2.75) is 63.3 Å². The van der Waals surface area contributed by atoms with Gasteiger partial charge in [-0.15, -0.1) is 0 Å². The number of anilines is 9. The van der Waals surface area contributed by atoms with Crippen LogP contribution in [0.5, 0.6) is 0 Å². The molecule has 0 saturated heterocycles. The minimum atomic E-state index is 0.429. The molecule has 0 bridgehead atoms. The molecule has 4 nitrogen and oxygen atoms in total. The Balaban J connectivity index is 0.874. The van der Waals surface area contributed by atoms with Crippen LogP contribution in [-0.4, -0.2) is 6.04 Å². The standard InChI is InChI=1S/C86H72N4/c1-9-25-69(26-10-1)87(70-27-11-2-12-28-70)77-53-49-65(50-54-77)63-41-45-67(46-42-63)85-81-59-57-80(90(75-37-21-7-22-38-75)76-39-23-8-24-40-76)62-84(81)86(82-60-58-79(61-83(82)85)89(73-33-17-5-18-34-73)74-35-19-6-20-36-74)68-47-43-64(44-48-68)66-51-55-78(56-52-66)88(71-29-13-3-14-30-71)72-31-15-4-16-32-72/h1-5,7,9-19,21-23,25-50,53-54,57-62,66,78H,6,8,20,24,51-52,55-56H2. The van der Waals surface area contributed by atoms with E-state index in [0.29, 0.717) is 12.0 Å². The highest BCUT2D eigenvalue weighted by atomic mass is 15.2. The predicted molar refractivity (Wildman–Crippen MR) is 383 cm³/mol. The van der Waals surface area contributed by atoms with Crippen molar-refractivity contribution in [3.8, 4) is 33.4 Å². The van der Waals surface area contributed by atoms with Crippen molar-refractivity contribution in [2.75, 3.05) is 19.6 Å². The Labute approximate surface area is 530 Å². The lowest BCUT2D eigenvalue weighted by Crippen LogP contribution is -2.34. The van der Waals surface area contributed by atoms with Crippen molar-refractivity contribution < 1.29 is 0 Å². The molecule has 3 aliphatic carbocycles. The van der Waals surface area contributed by atoms with Crippen LogP contribution in [-0.2, 0) is 0 Å². The van der Waals surface area contributed by atoms with E-state index in [1.165, 1.54) is 83.3 Å². The SMILES string of the molecule is C1=CC(N(c2ccccc2)c2ccc3c(-c4ccc(C5CCC(N(c6ccccc6)c6ccccc6)CC5)cc4)c4cc(N(C5=CCCC=C5)c5ccccc5)ccc4c(-c4ccc(-c5ccc(N(c6ccccc6)c6ccccc6)cc5)cc4)c3c2)=CCC1. The van der Waals surface area contributed by atoms with Crippen molar-refractivity contribution in [3.63, 3.8) is 0 Å². The zero-order valence-corrected chi connectivity index (χ0v) is 50.8. The number of rotatable bonds is 16. The maximum atomic E-state index is 2.58. The lowest BCUT2D eigenvalue weighted by Gasteiger charge is -2.38. The Kier molecular flexibility index (Phi) is 15.9. The van der Waals surface area contributed by atoms with Gasteiger partial charge in [-0.1, -0.05) is 206 Å². The lowest BCUT2D eigenvalue weighted by atomic mass is 9.80. The third-order valence-corrected chi connectivity index (χ3v) is 18.6. The molecule has 0 atom stereocenters. The minimum absolute atomic E-state index is 0.429. The first-order chi connectivity index (χ1) is 44.7. The maximum Gasteiger partial charge on any atom is 0.0468 e. The molecular formula is C86H72N4. The quantitative estimate of drug-likeness (QED) is 0.0894. The van der Waals surface area contributed by atoms with Gasteiger partial charge in [-0.2, -0.15) is 0 Å². The summed E-state index contributed by atoms with van der Waals surface area (Å²) in [6.45, 7) is 0. The van der Waals surface area contributed by atoms with E-state index < -0.39 is 0 Å². The summed E-state index contributed by atoms with van der Waals surface area (Å²) in [5.74, 6) is 0.483. The molecule has 4 heteroatoms. The van der Waals surface area contributed by atoms with Crippen LogP contribution in [0.2, 0.25) is 0 Å². The number of hydrogen-bond donors (Lipinski definition) is 0. The summed E-state index contributed by atoms with van der Waals surface area (Å²) in [5.41, 5.74) is 21.4. The Bertz CT molecular complexity index is 4470. The molecule has 0 N–H and O–H groups in total. The van der Waals surface area contributed by atoms with Crippen LogP contribution >= 0.6 is 0 Å². The van der Waals surface area contributed by atoms with E-state index in [-0.39, 0.29) is 0 Å². The molecule has 12 aromatic carbocycles. The predicted octanol–water partition coefficient (Wildman–Crippen LogP) is 24.1. The van der Waals surface area contributed by atoms with Gasteiger partial charge >= 0.3 is 0 Å². The zero-order valence-electron chi connectivity index (χ0n) is 50.8. The summed E-state index contributed by atoms with van der Waals surface area (Å²) >= 11 is 0. The van der Waals surface area contributed by atoms with Crippen LogP contribution in [0.15, 0.2) is 339 Å². The molecule has 12 aromatic rings. The van der Waals surface area contributed by atoms with Gasteiger partial charge in [0.05, 0.1) is 0 Å². The normalized spacial score (nSPS) is 15.5. The fourth-order valence-corrected chi connectivity index (χ4v) is 14.3. The fraction of sp³-hybridized carbons (Fsp3) is 0.116. The van der Waals surface area contributed by atoms with E-state index >= 15 is 0 Å². The van der Waals surface area contributed by atoms with Crippen molar-refractivity contribution in [2.24, 2.45) is 0 Å². The third kappa shape index (κ3) is 11.3. The Morgan fingerprint density at radius 3 is 0.978 bits per heavy atom. The van der Waals surface area contributed by atoms with Crippen LogP contribution in [0.25, 0.3) is 54.9 Å². The molecule has 3 aliphatic rings. The van der Waals surface area contributed by atoms with E-state index in [2.05, 4.69) is 347 Å². The first kappa shape index (κ1) is 55.9. The second-order valence-corrected chi connectivity index (χ2v) is 24.1. The van der Waals surface area contributed by atoms with E-state index in [4.69, 9.17) is 0 Å². The number of para-hydroxylation sites is 6. The highest BCUT2D eigenvalue weighted by Crippen LogP contribution is 2.49. The van der Waals surface area contributed by atoms with E-state index in [1.54, 1.807) is 0 Å². The van der Waals surface area contributed by atoms with E-state index in [1.807, 2.05) is 0 Å². The molecule has 0 spiro atoms. The number of benzene rings is 12. The molecule has 1 saturated carbocycles. The molecule has 436 valence electrons. The van der Waals surface area contributed by atoms with Gasteiger partial charge in [0.1, 0.15) is 0 Å². The topological polar surface area (TPSA) is 13.0 Å². The second-order valence-electron chi connectivity index (χ2n) is 24.1. The smallest absolute Gasteiger partial charge is 0.0468 e. The molecule has 0 aliphatic heterocycles. The van der Waals surface area contributed by atoms with Crippen molar-refractivity contribution >= 4 is 72.7 Å². The van der Waals surface area contributed by atoms with Crippen molar-refractivity contribution in [1.82, 2.24) is 0 Å². The number of hydrogen-bond acceptors (Lipinski definition) is 4. The summed E-state index contributed by atoms with van der Waals surface area (Å²) in [6.07, 6.45) is 22.7. The van der Waals surface area contributed by atoms with E-state index in [9.17, 15) is 0 Å². The van der Waals surface area contributed by atoms with Crippen molar-refractivity contribution in [1.29, 1.82) is 0 Å². The summed E-state index contributed by atoms with van der Waals surface area (Å²) in [6, 6.07) is 108. The monoisotopic (exact) mass is 1160 g/mol. The molecular weight excluding hydrogens is 1090 g/mol. The van der Waals surface area contributed by atoms with Crippen LogP contribution in [0.1, 0.15) is 62.8 Å². The van der Waals surface area contributed by atoms with Crippen LogP contribution < -0.4 is 19.6 Å². The molecule has 1 fully saturated rings. The van der Waals surface area contributed by atoms with Gasteiger partial charge in [-0.05, 0) is 239 Å². The molecule has 90 heavy (non-hydrogen) atoms. The van der Waals surface area contributed by atoms with Gasteiger partial charge in [-0.3, -0.25) is 0 Å². The highest BCUT2D eigenvalue weighted by Gasteiger charge is 2.29. The first-order valence-corrected chi connectivity index (χ1v) is 32.2. The molecule has 15 rings (SSSR count). The van der Waals surface area contributed by atoms with Crippen LogP contribution in [0.3, 0.4) is 0 Å². The Morgan fingerprint density at radius 1 is 0.256 bits per heavy atom. The summed E-state index contributed by atoms with van der Waals surface area (Å²) in [4.78, 5) is 9.80. The first-order valence-electron chi connectivity index (χ1n) is 32.2. The molecule has 0 amide bonds. The van der Waals surface area contributed by atoms with E-state index in [0.717, 1.165) is 91.2 Å². The van der Waals surface area contributed by atoms with Crippen molar-refractivity contribution in [3.05, 3.63) is 345 Å². The number of nitrogens with zero attached hydrogens (tertiary/aromatic N) is 4. The average Bonchev–Trinajstić information content (AvgIpc) is 0.773. The fourth-order valence-electron chi connectivity index (χ4n) is 14.3. The molecule has 0 heterocycles. The second kappa shape index (κ2) is 25.6. The lowest BCUT2D eigenvalue weighted by molar-refractivity contribution is 0.392. The van der Waals surface area contributed by atoms with Crippen LogP contribution in [0, 0.1) is 0 Å². The molecule has 0 radical (unpaired) electrons. The molecule has 0 unspecified atom stereocenters. The van der Waals surface area contributed by atoms with Crippen LogP contribution in [0.4, 0.5) is 51.2 Å². The third-order valence-electron chi connectivity index (χ3n) is 18.6. The number of fused-ring (bicyclic) bond motifs is 2. The minimum Gasteiger partial charge on any atom is -0.338 e. The van der Waals surface area contributed by atoms with Gasteiger partial charge < -0.3 is 19.6 Å². The average molecular weight is 1160 g/mol. The summed E-state index contributed by atoms with van der Waals surface area (Å²) in [5, 5.41) is 4.87. The number of allylic oxidation sites excluding steroid dienone is 6. The highest BCUT2D eigenvalue weighted by molar-refractivity contribution is 6.22. The van der Waals surface area contributed by atoms with Gasteiger partial charge in [0.2, 0.25) is 0 Å². The molecule has 0 aromatic heterocycles. The zero-order chi connectivity index (χ0) is 60.0. The Hall–Kier alpha value is -10.7. The largest absolute Gasteiger partial charge is 0.338 e. The maximum absolute atomic E-state index is 2.58. The van der Waals surface area contributed by atoms with Gasteiger partial charge in [0.15, 0.2) is 0 Å². The van der Waals surface area contributed by atoms with Gasteiger partial charge in [-0.25, -0.2) is 0 Å². The van der Waals surface area contributed by atoms with Gasteiger partial charge in [0, 0.05) is 68.6 Å². The summed E-state index contributed by atoms with van der Waals surface area (Å²) in [7, 11) is 0.